The molecular weight excluding hydrogens is 166 g/mol. The van der Waals surface area contributed by atoms with Gasteiger partial charge < -0.3 is 5.32 Å². The minimum atomic E-state index is -0.158. The summed E-state index contributed by atoms with van der Waals surface area (Å²) in [6.07, 6.45) is 0. The van der Waals surface area contributed by atoms with Crippen LogP contribution < -0.4 is 10.9 Å². The molecule has 0 aliphatic rings. The number of fused-ring (bicyclic) bond motifs is 1. The highest BCUT2D eigenvalue weighted by Crippen LogP contribution is 2.15. The van der Waals surface area contributed by atoms with Gasteiger partial charge in [0, 0.05) is 12.4 Å². The molecule has 1 heterocycles. The van der Waals surface area contributed by atoms with Gasteiger partial charge in [0.2, 0.25) is 0 Å². The second-order valence-electron chi connectivity index (χ2n) is 2.70. The number of benzene rings is 1. The van der Waals surface area contributed by atoms with Crippen molar-refractivity contribution in [2.75, 3.05) is 12.4 Å². The standard InChI is InChI=1S/C9H9N3O/c1-10-8-6-4-2-3-5-7(6)9(13)12-11-8/h2-5H,1H3,(H,10,11)(H,12,13). The van der Waals surface area contributed by atoms with E-state index in [4.69, 9.17) is 0 Å². The highest BCUT2D eigenvalue weighted by atomic mass is 16.1. The van der Waals surface area contributed by atoms with Gasteiger partial charge in [0.25, 0.3) is 5.56 Å². The molecule has 1 aromatic carbocycles. The van der Waals surface area contributed by atoms with Gasteiger partial charge in [0.1, 0.15) is 0 Å². The largest absolute Gasteiger partial charge is 0.371 e. The van der Waals surface area contributed by atoms with E-state index in [-0.39, 0.29) is 5.56 Å². The van der Waals surface area contributed by atoms with Crippen molar-refractivity contribution in [1.82, 2.24) is 10.2 Å². The molecule has 0 amide bonds. The summed E-state index contributed by atoms with van der Waals surface area (Å²) in [4.78, 5) is 11.3. The normalized spacial score (nSPS) is 10.2. The summed E-state index contributed by atoms with van der Waals surface area (Å²) >= 11 is 0. The van der Waals surface area contributed by atoms with E-state index in [1.165, 1.54) is 0 Å². The van der Waals surface area contributed by atoms with Crippen molar-refractivity contribution >= 4 is 16.6 Å². The van der Waals surface area contributed by atoms with Gasteiger partial charge in [-0.05, 0) is 6.07 Å². The highest BCUT2D eigenvalue weighted by Gasteiger charge is 2.02. The van der Waals surface area contributed by atoms with Gasteiger partial charge >= 0.3 is 0 Å². The average molecular weight is 175 g/mol. The molecule has 0 aliphatic carbocycles. The topological polar surface area (TPSA) is 57.8 Å². The summed E-state index contributed by atoms with van der Waals surface area (Å²) in [6, 6.07) is 7.35. The van der Waals surface area contributed by atoms with E-state index in [0.29, 0.717) is 11.2 Å². The van der Waals surface area contributed by atoms with Crippen LogP contribution in [-0.2, 0) is 0 Å². The molecule has 0 bridgehead atoms. The molecule has 4 heteroatoms. The van der Waals surface area contributed by atoms with Crippen LogP contribution in [-0.4, -0.2) is 17.2 Å². The van der Waals surface area contributed by atoms with E-state index in [2.05, 4.69) is 15.5 Å². The third-order valence-corrected chi connectivity index (χ3v) is 1.93. The van der Waals surface area contributed by atoms with Gasteiger partial charge in [-0.1, -0.05) is 18.2 Å². The number of anilines is 1. The van der Waals surface area contributed by atoms with Crippen molar-refractivity contribution in [2.24, 2.45) is 0 Å². The first-order chi connectivity index (χ1) is 6.33. The molecular formula is C9H9N3O. The predicted molar refractivity (Wildman–Crippen MR) is 51.9 cm³/mol. The number of aromatic amines is 1. The molecule has 0 fully saturated rings. The monoisotopic (exact) mass is 175 g/mol. The summed E-state index contributed by atoms with van der Waals surface area (Å²) in [5, 5.41) is 10.7. The Labute approximate surface area is 74.6 Å². The molecule has 0 atom stereocenters. The average Bonchev–Trinajstić information content (AvgIpc) is 2.19. The first-order valence-corrected chi connectivity index (χ1v) is 3.98. The van der Waals surface area contributed by atoms with E-state index in [0.717, 1.165) is 5.39 Å². The van der Waals surface area contributed by atoms with Crippen LogP contribution in [0.15, 0.2) is 29.1 Å². The lowest BCUT2D eigenvalue weighted by Gasteiger charge is -2.01. The number of nitrogens with zero attached hydrogens (tertiary/aromatic N) is 1. The summed E-state index contributed by atoms with van der Waals surface area (Å²) in [5.41, 5.74) is -0.158. The van der Waals surface area contributed by atoms with Crippen molar-refractivity contribution in [3.05, 3.63) is 34.6 Å². The lowest BCUT2D eigenvalue weighted by molar-refractivity contribution is 1.01. The quantitative estimate of drug-likeness (QED) is 0.678. The van der Waals surface area contributed by atoms with E-state index in [1.54, 1.807) is 13.1 Å². The fourth-order valence-corrected chi connectivity index (χ4v) is 1.31. The highest BCUT2D eigenvalue weighted by molar-refractivity contribution is 5.90. The van der Waals surface area contributed by atoms with E-state index < -0.39 is 0 Å². The molecule has 2 rings (SSSR count). The second kappa shape index (κ2) is 2.90. The maximum Gasteiger partial charge on any atom is 0.272 e. The van der Waals surface area contributed by atoms with Gasteiger partial charge in [-0.3, -0.25) is 4.79 Å². The van der Waals surface area contributed by atoms with Crippen molar-refractivity contribution in [3.63, 3.8) is 0 Å². The molecule has 1 aromatic heterocycles. The fraction of sp³-hybridized carbons (Fsp3) is 0.111. The minimum absolute atomic E-state index is 0.158. The first kappa shape index (κ1) is 7.79. The third kappa shape index (κ3) is 1.16. The molecule has 0 saturated carbocycles. The zero-order valence-corrected chi connectivity index (χ0v) is 7.16. The number of rotatable bonds is 1. The molecule has 0 radical (unpaired) electrons. The molecule has 2 aromatic rings. The maximum atomic E-state index is 11.3. The molecule has 0 spiro atoms. The van der Waals surface area contributed by atoms with Crippen LogP contribution in [0.4, 0.5) is 5.82 Å². The van der Waals surface area contributed by atoms with Crippen LogP contribution in [0.25, 0.3) is 10.8 Å². The van der Waals surface area contributed by atoms with Crippen LogP contribution in [0, 0.1) is 0 Å². The van der Waals surface area contributed by atoms with Crippen LogP contribution in [0.5, 0.6) is 0 Å². The molecule has 2 N–H and O–H groups in total. The Bertz CT molecular complexity index is 489. The summed E-state index contributed by atoms with van der Waals surface area (Å²) < 4.78 is 0. The second-order valence-corrected chi connectivity index (χ2v) is 2.70. The molecule has 0 unspecified atom stereocenters. The Kier molecular flexibility index (Phi) is 1.73. The minimum Gasteiger partial charge on any atom is -0.371 e. The first-order valence-electron chi connectivity index (χ1n) is 3.98. The number of H-pyrrole nitrogens is 1. The van der Waals surface area contributed by atoms with E-state index in [9.17, 15) is 4.79 Å². The van der Waals surface area contributed by atoms with Gasteiger partial charge in [0.05, 0.1) is 5.39 Å². The molecule has 0 saturated heterocycles. The Balaban J connectivity index is 2.93. The maximum absolute atomic E-state index is 11.3. The molecule has 0 aliphatic heterocycles. The smallest absolute Gasteiger partial charge is 0.272 e. The summed E-state index contributed by atoms with van der Waals surface area (Å²) in [5.74, 6) is 0.690. The van der Waals surface area contributed by atoms with Crippen molar-refractivity contribution < 1.29 is 0 Å². The fourth-order valence-electron chi connectivity index (χ4n) is 1.31. The molecule has 4 nitrogen and oxygen atoms in total. The summed E-state index contributed by atoms with van der Waals surface area (Å²) in [6.45, 7) is 0. The number of nitrogens with one attached hydrogen (secondary N) is 2. The van der Waals surface area contributed by atoms with Crippen molar-refractivity contribution in [2.45, 2.75) is 0 Å². The molecule has 66 valence electrons. The van der Waals surface area contributed by atoms with Crippen LogP contribution >= 0.6 is 0 Å². The number of hydrogen-bond acceptors (Lipinski definition) is 3. The van der Waals surface area contributed by atoms with Crippen molar-refractivity contribution in [1.29, 1.82) is 0 Å². The van der Waals surface area contributed by atoms with Crippen LogP contribution in [0.3, 0.4) is 0 Å². The van der Waals surface area contributed by atoms with Gasteiger partial charge in [-0.15, -0.1) is 0 Å². The Hall–Kier alpha value is -1.84. The van der Waals surface area contributed by atoms with Crippen molar-refractivity contribution in [3.8, 4) is 0 Å². The Morgan fingerprint density at radius 3 is 2.69 bits per heavy atom. The van der Waals surface area contributed by atoms with Crippen LogP contribution in [0.2, 0.25) is 0 Å². The third-order valence-electron chi connectivity index (χ3n) is 1.93. The number of hydrogen-bond donors (Lipinski definition) is 2. The zero-order valence-electron chi connectivity index (χ0n) is 7.16. The van der Waals surface area contributed by atoms with Crippen LogP contribution in [0.1, 0.15) is 0 Å². The van der Waals surface area contributed by atoms with Gasteiger partial charge in [0.15, 0.2) is 5.82 Å². The SMILES string of the molecule is CNc1n[nH]c(=O)c2ccccc12. The van der Waals surface area contributed by atoms with E-state index >= 15 is 0 Å². The summed E-state index contributed by atoms with van der Waals surface area (Å²) in [7, 11) is 1.77. The van der Waals surface area contributed by atoms with Gasteiger partial charge in [-0.2, -0.15) is 5.10 Å². The lowest BCUT2D eigenvalue weighted by Crippen LogP contribution is -2.10. The lowest BCUT2D eigenvalue weighted by atomic mass is 10.2. The molecule has 13 heavy (non-hydrogen) atoms. The number of aromatic nitrogens is 2. The Morgan fingerprint density at radius 1 is 1.31 bits per heavy atom. The van der Waals surface area contributed by atoms with E-state index in [1.807, 2.05) is 18.2 Å². The predicted octanol–water partition coefficient (Wildman–Crippen LogP) is 0.965. The zero-order chi connectivity index (χ0) is 9.26. The van der Waals surface area contributed by atoms with Gasteiger partial charge in [-0.25, -0.2) is 5.10 Å². The Morgan fingerprint density at radius 2 is 2.00 bits per heavy atom.